The van der Waals surface area contributed by atoms with Crippen LogP contribution in [0.25, 0.3) is 0 Å². The zero-order valence-electron chi connectivity index (χ0n) is 18.8. The van der Waals surface area contributed by atoms with E-state index >= 15 is 0 Å². The lowest BCUT2D eigenvalue weighted by molar-refractivity contribution is 0.461. The first-order valence-electron chi connectivity index (χ1n) is 12.1. The van der Waals surface area contributed by atoms with Crippen molar-refractivity contribution in [2.75, 3.05) is 0 Å². The number of aromatic nitrogens is 3. The average molecular weight is 410 g/mol. The number of H-pyrrole nitrogens is 1. The lowest BCUT2D eigenvalue weighted by Crippen LogP contribution is -2.49. The number of nitrogens with one attached hydrogen (secondary N) is 1. The molecule has 1 N–H and O–H groups in total. The van der Waals surface area contributed by atoms with Crippen molar-refractivity contribution in [3.05, 3.63) is 31.5 Å². The predicted octanol–water partition coefficient (Wildman–Crippen LogP) is 4.98. The van der Waals surface area contributed by atoms with E-state index in [0.29, 0.717) is 13.1 Å². The molecule has 0 atom stereocenters. The van der Waals surface area contributed by atoms with Gasteiger partial charge in [-0.25, -0.2) is 23.5 Å². The van der Waals surface area contributed by atoms with Gasteiger partial charge in [-0.15, -0.1) is 0 Å². The van der Waals surface area contributed by atoms with Crippen LogP contribution in [0.5, 0.6) is 0 Å². The van der Waals surface area contributed by atoms with Crippen LogP contribution >= 0.6 is 0 Å². The second-order valence-corrected chi connectivity index (χ2v) is 8.27. The summed E-state index contributed by atoms with van der Waals surface area (Å²) in [5.41, 5.74) is -1.60. The van der Waals surface area contributed by atoms with Crippen LogP contribution in [0.3, 0.4) is 0 Å². The number of rotatable bonds is 18. The highest BCUT2D eigenvalue weighted by molar-refractivity contribution is 4.74. The molecule has 1 aromatic rings. The molecule has 0 aromatic carbocycles. The molecule has 1 aromatic heterocycles. The van der Waals surface area contributed by atoms with E-state index in [4.69, 9.17) is 0 Å². The second kappa shape index (κ2) is 16.2. The van der Waals surface area contributed by atoms with Crippen LogP contribution in [0, 0.1) is 0 Å². The number of nitrogens with zero attached hydrogens (tertiary/aromatic N) is 2. The Balaban J connectivity index is 2.40. The molecule has 0 fully saturated rings. The van der Waals surface area contributed by atoms with Crippen LogP contribution in [0.2, 0.25) is 0 Å². The molecule has 0 saturated heterocycles. The third-order valence-corrected chi connectivity index (χ3v) is 5.64. The van der Waals surface area contributed by atoms with Gasteiger partial charge in [0, 0.05) is 13.1 Å². The van der Waals surface area contributed by atoms with E-state index in [1.54, 1.807) is 0 Å². The molecule has 6 nitrogen and oxygen atoms in total. The summed E-state index contributed by atoms with van der Waals surface area (Å²) in [5.74, 6) is 0. The smallest absolute Gasteiger partial charge is 0.259 e. The van der Waals surface area contributed by atoms with Gasteiger partial charge in [-0.1, -0.05) is 104 Å². The molecule has 0 aliphatic heterocycles. The molecule has 1 rings (SSSR count). The molecule has 0 radical (unpaired) electrons. The summed E-state index contributed by atoms with van der Waals surface area (Å²) < 4.78 is 2.40. The van der Waals surface area contributed by atoms with E-state index in [9.17, 15) is 14.4 Å². The van der Waals surface area contributed by atoms with Crippen LogP contribution < -0.4 is 17.1 Å². The van der Waals surface area contributed by atoms with Gasteiger partial charge in [-0.2, -0.15) is 0 Å². The molecule has 29 heavy (non-hydrogen) atoms. The first kappa shape index (κ1) is 25.4. The van der Waals surface area contributed by atoms with Gasteiger partial charge in [0.05, 0.1) is 0 Å². The second-order valence-electron chi connectivity index (χ2n) is 8.27. The molecule has 0 spiro atoms. The fraction of sp³-hybridized carbons (Fsp3) is 0.870. The monoisotopic (exact) mass is 409 g/mol. The van der Waals surface area contributed by atoms with Crippen molar-refractivity contribution in [3.8, 4) is 0 Å². The van der Waals surface area contributed by atoms with Crippen LogP contribution in [0.1, 0.15) is 117 Å². The fourth-order valence-corrected chi connectivity index (χ4v) is 3.75. The first-order chi connectivity index (χ1) is 14.1. The van der Waals surface area contributed by atoms with Crippen LogP contribution in [-0.2, 0) is 13.1 Å². The van der Waals surface area contributed by atoms with Crippen molar-refractivity contribution < 1.29 is 0 Å². The molecule has 0 unspecified atom stereocenters. The number of unbranched alkanes of at least 4 members (excludes halogenated alkanes) is 14. The van der Waals surface area contributed by atoms with Crippen molar-refractivity contribution >= 4 is 0 Å². The summed E-state index contributed by atoms with van der Waals surface area (Å²) >= 11 is 0. The largest absolute Gasteiger partial charge is 0.336 e. The van der Waals surface area contributed by atoms with Gasteiger partial charge >= 0.3 is 17.1 Å². The summed E-state index contributed by atoms with van der Waals surface area (Å²) in [5, 5.41) is 0. The molecule has 168 valence electrons. The Labute approximate surface area is 175 Å². The molecule has 0 saturated carbocycles. The van der Waals surface area contributed by atoms with Gasteiger partial charge in [-0.3, -0.25) is 4.98 Å². The molecule has 1 heterocycles. The van der Waals surface area contributed by atoms with Crippen molar-refractivity contribution in [1.29, 1.82) is 0 Å². The average Bonchev–Trinajstić information content (AvgIpc) is 2.70. The summed E-state index contributed by atoms with van der Waals surface area (Å²) in [7, 11) is 0. The Kier molecular flexibility index (Phi) is 14.2. The third-order valence-electron chi connectivity index (χ3n) is 5.64. The quantitative estimate of drug-likeness (QED) is 0.347. The Morgan fingerprint density at radius 1 is 0.517 bits per heavy atom. The van der Waals surface area contributed by atoms with E-state index in [-0.39, 0.29) is 0 Å². The zero-order chi connectivity index (χ0) is 21.3. The number of hydrogen-bond donors (Lipinski definition) is 1. The predicted molar refractivity (Wildman–Crippen MR) is 121 cm³/mol. The molecule has 0 amide bonds. The lowest BCUT2D eigenvalue weighted by Gasteiger charge is -2.09. The van der Waals surface area contributed by atoms with Gasteiger partial charge in [0.2, 0.25) is 0 Å². The van der Waals surface area contributed by atoms with E-state index in [1.807, 2.05) is 0 Å². The Bertz CT molecular complexity index is 647. The number of aromatic amines is 1. The normalized spacial score (nSPS) is 11.2. The minimum absolute atomic E-state index is 0.390. The zero-order valence-corrected chi connectivity index (χ0v) is 18.8. The standard InChI is InChI=1S/C23H43N3O3/c1-3-5-7-9-11-13-15-17-19-25-21(27)24-22(28)26(23(25)29)20-18-16-14-12-10-8-6-4-2/h3-20H2,1-2H3,(H,24,27,28). The number of hydrogen-bond acceptors (Lipinski definition) is 3. The molecule has 0 aliphatic rings. The van der Waals surface area contributed by atoms with Gasteiger partial charge in [-0.05, 0) is 12.8 Å². The maximum absolute atomic E-state index is 12.6. The molecular formula is C23H43N3O3. The van der Waals surface area contributed by atoms with Crippen molar-refractivity contribution in [1.82, 2.24) is 14.1 Å². The minimum atomic E-state index is -0.574. The van der Waals surface area contributed by atoms with Crippen LogP contribution in [-0.4, -0.2) is 14.1 Å². The Morgan fingerprint density at radius 2 is 0.828 bits per heavy atom. The third kappa shape index (κ3) is 10.7. The van der Waals surface area contributed by atoms with E-state index in [0.717, 1.165) is 38.5 Å². The fourth-order valence-electron chi connectivity index (χ4n) is 3.75. The highest BCUT2D eigenvalue weighted by Crippen LogP contribution is 2.09. The summed E-state index contributed by atoms with van der Waals surface area (Å²) in [6.45, 7) is 5.20. The topological polar surface area (TPSA) is 76.9 Å². The lowest BCUT2D eigenvalue weighted by atomic mass is 10.1. The van der Waals surface area contributed by atoms with Crippen molar-refractivity contribution in [2.24, 2.45) is 0 Å². The highest BCUT2D eigenvalue weighted by Gasteiger charge is 2.09. The van der Waals surface area contributed by atoms with Gasteiger partial charge in [0.15, 0.2) is 0 Å². The maximum atomic E-state index is 12.6. The maximum Gasteiger partial charge on any atom is 0.336 e. The van der Waals surface area contributed by atoms with Crippen molar-refractivity contribution in [3.63, 3.8) is 0 Å². The Morgan fingerprint density at radius 3 is 1.17 bits per heavy atom. The summed E-state index contributed by atoms with van der Waals surface area (Å²) in [4.78, 5) is 39.0. The highest BCUT2D eigenvalue weighted by atomic mass is 16.2. The molecular weight excluding hydrogens is 366 g/mol. The minimum Gasteiger partial charge on any atom is -0.259 e. The molecule has 0 aliphatic carbocycles. The van der Waals surface area contributed by atoms with Gasteiger partial charge < -0.3 is 0 Å². The molecule has 0 bridgehead atoms. The van der Waals surface area contributed by atoms with Crippen LogP contribution in [0.4, 0.5) is 0 Å². The SMILES string of the molecule is CCCCCCCCCCn1c(=O)[nH]c(=O)n(CCCCCCCCCC)c1=O. The Hall–Kier alpha value is -1.59. The van der Waals surface area contributed by atoms with Crippen LogP contribution in [0.15, 0.2) is 14.4 Å². The van der Waals surface area contributed by atoms with Gasteiger partial charge in [0.1, 0.15) is 0 Å². The van der Waals surface area contributed by atoms with Crippen molar-refractivity contribution in [2.45, 2.75) is 130 Å². The van der Waals surface area contributed by atoms with E-state index < -0.39 is 17.1 Å². The van der Waals surface area contributed by atoms with Gasteiger partial charge in [0.25, 0.3) is 0 Å². The summed E-state index contributed by atoms with van der Waals surface area (Å²) in [6, 6.07) is 0. The summed E-state index contributed by atoms with van der Waals surface area (Å²) in [6.07, 6.45) is 18.5. The first-order valence-corrected chi connectivity index (χ1v) is 12.1. The van der Waals surface area contributed by atoms with E-state index in [1.165, 1.54) is 73.3 Å². The molecule has 6 heteroatoms. The van der Waals surface area contributed by atoms with E-state index in [2.05, 4.69) is 18.8 Å².